The number of carbonyl (C=O) groups is 1. The zero-order valence-corrected chi connectivity index (χ0v) is 11.6. The molecule has 1 aromatic heterocycles. The van der Waals surface area contributed by atoms with Gasteiger partial charge < -0.3 is 10.6 Å². The average Bonchev–Trinajstić information content (AvgIpc) is 2.85. The Hall–Kier alpha value is -1.88. The van der Waals surface area contributed by atoms with Crippen molar-refractivity contribution in [3.8, 4) is 0 Å². The van der Waals surface area contributed by atoms with Gasteiger partial charge in [0.1, 0.15) is 4.60 Å². The molecule has 3 rings (SSSR count). The summed E-state index contributed by atoms with van der Waals surface area (Å²) in [6, 6.07) is 11.5. The van der Waals surface area contributed by atoms with E-state index >= 15 is 0 Å². The Kier molecular flexibility index (Phi) is 3.21. The second kappa shape index (κ2) is 5.01. The SMILES string of the molecule is O=C(Nc1ccc(Br)nc1)C1CNc2ccccc21. The largest absolute Gasteiger partial charge is 0.384 e. The summed E-state index contributed by atoms with van der Waals surface area (Å²) in [5, 5.41) is 6.13. The van der Waals surface area contributed by atoms with Gasteiger partial charge in [0.15, 0.2) is 0 Å². The molecule has 0 spiro atoms. The number of nitrogens with one attached hydrogen (secondary N) is 2. The molecule has 1 unspecified atom stereocenters. The van der Waals surface area contributed by atoms with Gasteiger partial charge in [0.2, 0.25) is 5.91 Å². The smallest absolute Gasteiger partial charge is 0.233 e. The molecule has 4 nitrogen and oxygen atoms in total. The molecule has 0 fully saturated rings. The number of hydrogen-bond acceptors (Lipinski definition) is 3. The topological polar surface area (TPSA) is 54.0 Å². The minimum atomic E-state index is -0.153. The average molecular weight is 318 g/mol. The van der Waals surface area contributed by atoms with Crippen molar-refractivity contribution in [1.82, 2.24) is 4.98 Å². The first-order valence-corrected chi connectivity index (χ1v) is 6.78. The summed E-state index contributed by atoms with van der Waals surface area (Å²) in [4.78, 5) is 16.4. The predicted octanol–water partition coefficient (Wildman–Crippen LogP) is 2.99. The van der Waals surface area contributed by atoms with Gasteiger partial charge in [-0.1, -0.05) is 18.2 Å². The van der Waals surface area contributed by atoms with Gasteiger partial charge in [-0.3, -0.25) is 4.79 Å². The highest BCUT2D eigenvalue weighted by molar-refractivity contribution is 9.10. The number of benzene rings is 1. The fraction of sp³-hybridized carbons (Fsp3) is 0.143. The quantitative estimate of drug-likeness (QED) is 0.837. The van der Waals surface area contributed by atoms with E-state index in [1.165, 1.54) is 0 Å². The van der Waals surface area contributed by atoms with Gasteiger partial charge in [-0.2, -0.15) is 0 Å². The van der Waals surface area contributed by atoms with Crippen LogP contribution in [0.2, 0.25) is 0 Å². The van der Waals surface area contributed by atoms with E-state index in [4.69, 9.17) is 0 Å². The van der Waals surface area contributed by atoms with Crippen LogP contribution in [-0.2, 0) is 4.79 Å². The van der Waals surface area contributed by atoms with Gasteiger partial charge in [0.25, 0.3) is 0 Å². The maximum Gasteiger partial charge on any atom is 0.233 e. The van der Waals surface area contributed by atoms with Crippen LogP contribution in [0.5, 0.6) is 0 Å². The number of nitrogens with zero attached hydrogens (tertiary/aromatic N) is 1. The minimum absolute atomic E-state index is 0.0124. The highest BCUT2D eigenvalue weighted by atomic mass is 79.9. The normalized spacial score (nSPS) is 16.6. The van der Waals surface area contributed by atoms with Crippen LogP contribution in [0.3, 0.4) is 0 Å². The standard InChI is InChI=1S/C14H12BrN3O/c15-13-6-5-9(7-17-13)18-14(19)11-8-16-12-4-2-1-3-10(11)12/h1-7,11,16H,8H2,(H,18,19). The van der Waals surface area contributed by atoms with E-state index < -0.39 is 0 Å². The molecule has 1 aromatic carbocycles. The monoisotopic (exact) mass is 317 g/mol. The number of fused-ring (bicyclic) bond motifs is 1. The van der Waals surface area contributed by atoms with E-state index in [-0.39, 0.29) is 11.8 Å². The zero-order chi connectivity index (χ0) is 13.2. The third-order valence-electron chi connectivity index (χ3n) is 3.14. The molecule has 96 valence electrons. The summed E-state index contributed by atoms with van der Waals surface area (Å²) >= 11 is 3.27. The van der Waals surface area contributed by atoms with Gasteiger partial charge >= 0.3 is 0 Å². The maximum absolute atomic E-state index is 12.3. The number of hydrogen-bond donors (Lipinski definition) is 2. The summed E-state index contributed by atoms with van der Waals surface area (Å²) in [6.45, 7) is 0.634. The lowest BCUT2D eigenvalue weighted by molar-refractivity contribution is -0.117. The molecule has 1 atom stereocenters. The minimum Gasteiger partial charge on any atom is -0.384 e. The van der Waals surface area contributed by atoms with Crippen LogP contribution in [0.1, 0.15) is 11.5 Å². The summed E-state index contributed by atoms with van der Waals surface area (Å²) < 4.78 is 0.748. The number of pyridine rings is 1. The van der Waals surface area contributed by atoms with Crippen LogP contribution in [-0.4, -0.2) is 17.4 Å². The van der Waals surface area contributed by atoms with Crippen molar-refractivity contribution in [1.29, 1.82) is 0 Å². The summed E-state index contributed by atoms with van der Waals surface area (Å²) in [5.74, 6) is -0.165. The van der Waals surface area contributed by atoms with E-state index in [1.54, 1.807) is 12.3 Å². The molecule has 0 bridgehead atoms. The molecule has 5 heteroatoms. The molecule has 2 N–H and O–H groups in total. The highest BCUT2D eigenvalue weighted by Gasteiger charge is 2.28. The first kappa shape index (κ1) is 12.2. The lowest BCUT2D eigenvalue weighted by Crippen LogP contribution is -2.22. The molecule has 1 amide bonds. The van der Waals surface area contributed by atoms with E-state index in [1.807, 2.05) is 30.3 Å². The van der Waals surface area contributed by atoms with Crippen LogP contribution in [0.4, 0.5) is 11.4 Å². The Morgan fingerprint density at radius 2 is 2.16 bits per heavy atom. The molecule has 1 aliphatic rings. The summed E-state index contributed by atoms with van der Waals surface area (Å²) in [7, 11) is 0. The molecule has 1 aliphatic heterocycles. The van der Waals surface area contributed by atoms with Crippen LogP contribution in [0.15, 0.2) is 47.2 Å². The number of halogens is 1. The van der Waals surface area contributed by atoms with Crippen LogP contribution >= 0.6 is 15.9 Å². The van der Waals surface area contributed by atoms with Gasteiger partial charge in [-0.25, -0.2) is 4.98 Å². The van der Waals surface area contributed by atoms with Crippen LogP contribution < -0.4 is 10.6 Å². The van der Waals surface area contributed by atoms with Crippen LogP contribution in [0, 0.1) is 0 Å². The molecular weight excluding hydrogens is 306 g/mol. The number of carbonyl (C=O) groups excluding carboxylic acids is 1. The molecule has 19 heavy (non-hydrogen) atoms. The number of aromatic nitrogens is 1. The van der Waals surface area contributed by atoms with Crippen LogP contribution in [0.25, 0.3) is 0 Å². The molecule has 0 radical (unpaired) electrons. The lowest BCUT2D eigenvalue weighted by Gasteiger charge is -2.11. The maximum atomic E-state index is 12.3. The Morgan fingerprint density at radius 1 is 1.32 bits per heavy atom. The molecule has 0 saturated carbocycles. The molecular formula is C14H12BrN3O. The summed E-state index contributed by atoms with van der Waals surface area (Å²) in [5.41, 5.74) is 2.79. The van der Waals surface area contributed by atoms with E-state index in [0.717, 1.165) is 15.9 Å². The number of anilines is 2. The Balaban J connectivity index is 1.77. The second-order valence-electron chi connectivity index (χ2n) is 4.38. The predicted molar refractivity (Wildman–Crippen MR) is 78.2 cm³/mol. The van der Waals surface area contributed by atoms with Crippen molar-refractivity contribution < 1.29 is 4.79 Å². The Bertz CT molecular complexity index is 612. The fourth-order valence-corrected chi connectivity index (χ4v) is 2.43. The van der Waals surface area contributed by atoms with E-state index in [9.17, 15) is 4.79 Å². The Labute approximate surface area is 119 Å². The number of amides is 1. The molecule has 2 heterocycles. The van der Waals surface area contributed by atoms with Crippen molar-refractivity contribution in [2.45, 2.75) is 5.92 Å². The fourth-order valence-electron chi connectivity index (χ4n) is 2.20. The molecule has 2 aromatic rings. The van der Waals surface area contributed by atoms with Gasteiger partial charge in [0, 0.05) is 12.2 Å². The zero-order valence-electron chi connectivity index (χ0n) is 10.1. The van der Waals surface area contributed by atoms with E-state index in [0.29, 0.717) is 12.2 Å². The van der Waals surface area contributed by atoms with Gasteiger partial charge in [0.05, 0.1) is 17.8 Å². The van der Waals surface area contributed by atoms with Crippen molar-refractivity contribution in [2.75, 3.05) is 17.2 Å². The summed E-state index contributed by atoms with van der Waals surface area (Å²) in [6.07, 6.45) is 1.64. The number of para-hydroxylation sites is 1. The second-order valence-corrected chi connectivity index (χ2v) is 5.19. The number of rotatable bonds is 2. The third kappa shape index (κ3) is 2.46. The lowest BCUT2D eigenvalue weighted by atomic mass is 10.0. The molecule has 0 saturated heterocycles. The Morgan fingerprint density at radius 3 is 2.95 bits per heavy atom. The van der Waals surface area contributed by atoms with Crippen molar-refractivity contribution in [3.05, 3.63) is 52.8 Å². The highest BCUT2D eigenvalue weighted by Crippen LogP contribution is 2.31. The first-order valence-electron chi connectivity index (χ1n) is 5.99. The van der Waals surface area contributed by atoms with Crippen molar-refractivity contribution in [3.63, 3.8) is 0 Å². The van der Waals surface area contributed by atoms with E-state index in [2.05, 4.69) is 31.5 Å². The third-order valence-corrected chi connectivity index (χ3v) is 3.61. The van der Waals surface area contributed by atoms with Gasteiger partial charge in [-0.05, 0) is 39.7 Å². The van der Waals surface area contributed by atoms with Gasteiger partial charge in [-0.15, -0.1) is 0 Å². The van der Waals surface area contributed by atoms with Crippen molar-refractivity contribution >= 4 is 33.2 Å². The molecule has 0 aliphatic carbocycles. The van der Waals surface area contributed by atoms with Crippen molar-refractivity contribution in [2.24, 2.45) is 0 Å². The first-order chi connectivity index (χ1) is 9.24.